The summed E-state index contributed by atoms with van der Waals surface area (Å²) >= 11 is 0. The third-order valence-electron chi connectivity index (χ3n) is 9.66. The SMILES string of the molecule is CC(C)C(C)NC(=O)ONc1c2cc(S(=O)(=O)N3C[C@H](C)C[C@H](C)C3)ccc2c(N=O)c2ccc(S(=O)(=O)N3C[C@H](C)C[C@H](C)C3)cc12. The maximum Gasteiger partial charge on any atom is 0.431 e. The largest absolute Gasteiger partial charge is 0.431 e. The van der Waals surface area contributed by atoms with Crippen molar-refractivity contribution in [1.29, 1.82) is 0 Å². The maximum atomic E-state index is 14.0. The molecule has 12 nitrogen and oxygen atoms in total. The summed E-state index contributed by atoms with van der Waals surface area (Å²) in [6.07, 6.45) is 1.07. The Hall–Kier alpha value is -3.33. The molecule has 1 unspecified atom stereocenters. The summed E-state index contributed by atoms with van der Waals surface area (Å²) in [6, 6.07) is 8.57. The molecule has 0 radical (unpaired) electrons. The van der Waals surface area contributed by atoms with Gasteiger partial charge in [0, 0.05) is 53.8 Å². The van der Waals surface area contributed by atoms with Crippen molar-refractivity contribution in [2.75, 3.05) is 31.7 Å². The van der Waals surface area contributed by atoms with E-state index in [0.29, 0.717) is 37.0 Å². The molecule has 0 saturated carbocycles. The van der Waals surface area contributed by atoms with Crippen LogP contribution in [-0.2, 0) is 24.9 Å². The van der Waals surface area contributed by atoms with Gasteiger partial charge >= 0.3 is 6.09 Å². The number of hydrogen-bond acceptors (Lipinski definition) is 9. The molecule has 3 aromatic carbocycles. The zero-order valence-corrected chi connectivity index (χ0v) is 30.3. The van der Waals surface area contributed by atoms with Crippen LogP contribution in [0.5, 0.6) is 0 Å². The van der Waals surface area contributed by atoms with Gasteiger partial charge in [-0.3, -0.25) is 0 Å². The van der Waals surface area contributed by atoms with Crippen molar-refractivity contribution in [1.82, 2.24) is 13.9 Å². The van der Waals surface area contributed by atoms with Crippen LogP contribution < -0.4 is 10.8 Å². The summed E-state index contributed by atoms with van der Waals surface area (Å²) in [4.78, 5) is 30.7. The first kappa shape index (κ1) is 36.0. The molecule has 0 aliphatic carbocycles. The lowest BCUT2D eigenvalue weighted by molar-refractivity contribution is 0.163. The average molecular weight is 702 g/mol. The standard InChI is InChI=1S/C34H47N5O7S2/c1-20(2)25(7)35-34(40)46-37-33-30-14-26(47(42,43)38-16-21(3)12-22(4)17-38)8-10-28(30)32(36-41)29-11-9-27(15-31(29)33)48(44,45)39-18-23(5)13-24(6)19-39/h8-11,14-15,20-25,37H,12-13,16-19H2,1-7H3,(H,35,40)/t21-,22+,23-,24+,25?. The number of hydrogen-bond donors (Lipinski definition) is 2. The highest BCUT2D eigenvalue weighted by atomic mass is 32.2. The number of carbonyl (C=O) groups is 1. The second kappa shape index (κ2) is 13.9. The summed E-state index contributed by atoms with van der Waals surface area (Å²) in [5.41, 5.74) is 2.84. The Balaban J connectivity index is 1.69. The van der Waals surface area contributed by atoms with Crippen molar-refractivity contribution in [3.8, 4) is 0 Å². The van der Waals surface area contributed by atoms with Gasteiger partial charge in [0.05, 0.1) is 15.5 Å². The van der Waals surface area contributed by atoms with E-state index in [1.165, 1.54) is 45.0 Å². The molecule has 2 N–H and O–H groups in total. The molecular formula is C34H47N5O7S2. The fourth-order valence-corrected chi connectivity index (χ4v) is 10.5. The van der Waals surface area contributed by atoms with Crippen LogP contribution in [0.2, 0.25) is 0 Å². The molecule has 2 saturated heterocycles. The number of nitrogens with one attached hydrogen (secondary N) is 2. The van der Waals surface area contributed by atoms with Gasteiger partial charge in [0.15, 0.2) is 0 Å². The van der Waals surface area contributed by atoms with Gasteiger partial charge in [0.25, 0.3) is 0 Å². The maximum absolute atomic E-state index is 14.0. The highest BCUT2D eigenvalue weighted by molar-refractivity contribution is 7.89. The lowest BCUT2D eigenvalue weighted by Gasteiger charge is -2.34. The Bertz CT molecular complexity index is 1800. The normalized spacial score (nSPS) is 23.7. The second-order valence-electron chi connectivity index (χ2n) is 14.4. The topological polar surface area (TPSA) is 155 Å². The van der Waals surface area contributed by atoms with E-state index in [2.05, 4.69) is 16.0 Å². The van der Waals surface area contributed by atoms with E-state index < -0.39 is 26.1 Å². The van der Waals surface area contributed by atoms with Crippen LogP contribution in [0.3, 0.4) is 0 Å². The highest BCUT2D eigenvalue weighted by Gasteiger charge is 2.34. The molecule has 0 bridgehead atoms. The van der Waals surface area contributed by atoms with E-state index in [9.17, 15) is 26.5 Å². The number of nitrogens with zero attached hydrogens (tertiary/aromatic N) is 3. The van der Waals surface area contributed by atoms with E-state index >= 15 is 0 Å². The van der Waals surface area contributed by atoms with Gasteiger partial charge in [-0.25, -0.2) is 27.1 Å². The molecule has 2 aliphatic rings. The fraction of sp³-hybridized carbons (Fsp3) is 0.559. The van der Waals surface area contributed by atoms with Gasteiger partial charge < -0.3 is 10.2 Å². The van der Waals surface area contributed by atoms with E-state index in [1.54, 1.807) is 0 Å². The molecule has 2 heterocycles. The first-order valence-corrected chi connectivity index (χ1v) is 19.5. The molecule has 5 rings (SSSR count). The number of anilines is 1. The van der Waals surface area contributed by atoms with Gasteiger partial charge in [-0.05, 0) is 78.8 Å². The van der Waals surface area contributed by atoms with Crippen molar-refractivity contribution in [2.24, 2.45) is 34.8 Å². The Labute approximate surface area is 283 Å². The lowest BCUT2D eigenvalue weighted by Crippen LogP contribution is -2.42. The second-order valence-corrected chi connectivity index (χ2v) is 18.3. The molecule has 14 heteroatoms. The van der Waals surface area contributed by atoms with E-state index in [1.807, 2.05) is 48.5 Å². The Morgan fingerprint density at radius 2 is 1.17 bits per heavy atom. The Morgan fingerprint density at radius 3 is 1.54 bits per heavy atom. The van der Waals surface area contributed by atoms with Gasteiger partial charge in [0.1, 0.15) is 5.69 Å². The van der Waals surface area contributed by atoms with Gasteiger partial charge in [-0.1, -0.05) is 53.7 Å². The van der Waals surface area contributed by atoms with Crippen LogP contribution in [0.15, 0.2) is 51.4 Å². The molecule has 48 heavy (non-hydrogen) atoms. The molecule has 1 amide bonds. The molecule has 2 aliphatic heterocycles. The predicted octanol–water partition coefficient (Wildman–Crippen LogP) is 6.82. The summed E-state index contributed by atoms with van der Waals surface area (Å²) in [5, 5.41) is 7.14. The summed E-state index contributed by atoms with van der Waals surface area (Å²) in [7, 11) is -7.90. The summed E-state index contributed by atoms with van der Waals surface area (Å²) in [6.45, 7) is 15.3. The fourth-order valence-electron chi connectivity index (χ4n) is 7.07. The van der Waals surface area contributed by atoms with Crippen LogP contribution in [-0.4, -0.2) is 63.8 Å². The number of benzene rings is 3. The minimum absolute atomic E-state index is 0.00602. The minimum Gasteiger partial charge on any atom is -0.324 e. The van der Waals surface area contributed by atoms with Crippen LogP contribution in [0.4, 0.5) is 16.2 Å². The van der Waals surface area contributed by atoms with E-state index in [4.69, 9.17) is 4.84 Å². The summed E-state index contributed by atoms with van der Waals surface area (Å²) in [5.74, 6) is 0.854. The number of carbonyl (C=O) groups excluding carboxylic acids is 1. The molecule has 2 fully saturated rings. The molecule has 3 aromatic rings. The monoisotopic (exact) mass is 701 g/mol. The number of sulfonamides is 2. The van der Waals surface area contributed by atoms with Crippen LogP contribution in [0.25, 0.3) is 21.5 Å². The average Bonchev–Trinajstić information content (AvgIpc) is 3.01. The molecule has 5 atom stereocenters. The van der Waals surface area contributed by atoms with E-state index in [-0.39, 0.29) is 67.6 Å². The van der Waals surface area contributed by atoms with Gasteiger partial charge in [-0.2, -0.15) is 8.61 Å². The smallest absolute Gasteiger partial charge is 0.324 e. The number of nitroso groups, excluding NO2 is 1. The van der Waals surface area contributed by atoms with Crippen molar-refractivity contribution in [3.63, 3.8) is 0 Å². The van der Waals surface area contributed by atoms with E-state index in [0.717, 1.165) is 12.8 Å². The van der Waals surface area contributed by atoms with Crippen LogP contribution in [0, 0.1) is 34.5 Å². The molecule has 0 spiro atoms. The Kier molecular flexibility index (Phi) is 10.4. The Morgan fingerprint density at radius 1 is 0.750 bits per heavy atom. The number of fused-ring (bicyclic) bond motifs is 2. The minimum atomic E-state index is -3.95. The molecule has 0 aromatic heterocycles. The molecular weight excluding hydrogens is 655 g/mol. The third kappa shape index (κ3) is 7.17. The number of rotatable bonds is 9. The first-order chi connectivity index (χ1) is 22.5. The predicted molar refractivity (Wildman–Crippen MR) is 188 cm³/mol. The van der Waals surface area contributed by atoms with Crippen LogP contribution >= 0.6 is 0 Å². The quantitative estimate of drug-likeness (QED) is 0.140. The number of amides is 1. The zero-order valence-electron chi connectivity index (χ0n) is 28.7. The highest BCUT2D eigenvalue weighted by Crippen LogP contribution is 2.44. The van der Waals surface area contributed by atoms with Crippen molar-refractivity contribution in [2.45, 2.75) is 77.1 Å². The van der Waals surface area contributed by atoms with Gasteiger partial charge in [0.2, 0.25) is 20.0 Å². The zero-order chi connectivity index (χ0) is 35.1. The first-order valence-electron chi connectivity index (χ1n) is 16.6. The summed E-state index contributed by atoms with van der Waals surface area (Å²) < 4.78 is 58.8. The van der Waals surface area contributed by atoms with Crippen LogP contribution in [0.1, 0.15) is 61.3 Å². The van der Waals surface area contributed by atoms with Crippen molar-refractivity contribution >= 4 is 59.1 Å². The van der Waals surface area contributed by atoms with Gasteiger partial charge in [-0.15, -0.1) is 4.91 Å². The third-order valence-corrected chi connectivity index (χ3v) is 13.3. The van der Waals surface area contributed by atoms with Crippen molar-refractivity contribution in [3.05, 3.63) is 41.3 Å². The number of piperidine rings is 2. The lowest BCUT2D eigenvalue weighted by atomic mass is 9.94. The van der Waals surface area contributed by atoms with Crippen molar-refractivity contribution < 1.29 is 26.5 Å². The molecule has 262 valence electrons.